The monoisotopic (exact) mass is 389 g/mol. The molecule has 140 valence electrons. The summed E-state index contributed by atoms with van der Waals surface area (Å²) in [5.74, 6) is -0.978. The largest absolute Gasteiger partial charge is 0.348 e. The molecule has 0 amide bonds. The zero-order valence-corrected chi connectivity index (χ0v) is 15.4. The van der Waals surface area contributed by atoms with Crippen LogP contribution in [0, 0.1) is 11.6 Å². The van der Waals surface area contributed by atoms with Crippen molar-refractivity contribution in [1.82, 2.24) is 4.98 Å². The Kier molecular flexibility index (Phi) is 5.51. The second kappa shape index (κ2) is 7.69. The predicted molar refractivity (Wildman–Crippen MR) is 98.4 cm³/mol. The summed E-state index contributed by atoms with van der Waals surface area (Å²) in [6.07, 6.45) is 1.49. The molecule has 1 heterocycles. The van der Waals surface area contributed by atoms with E-state index in [0.717, 1.165) is 0 Å². The van der Waals surface area contributed by atoms with Crippen LogP contribution in [0.5, 0.6) is 0 Å². The van der Waals surface area contributed by atoms with Crippen molar-refractivity contribution in [2.24, 2.45) is 0 Å². The van der Waals surface area contributed by atoms with Crippen LogP contribution in [0.25, 0.3) is 0 Å². The highest BCUT2D eigenvalue weighted by molar-refractivity contribution is 7.54. The molecule has 0 spiro atoms. The Morgan fingerprint density at radius 3 is 1.89 bits per heavy atom. The van der Waals surface area contributed by atoms with Gasteiger partial charge in [0.2, 0.25) is 0 Å². The lowest BCUT2D eigenvalue weighted by Gasteiger charge is -2.37. The SMILES string of the molecule is CCOP(=O)(O)C(c1ccc(F)cc1)(c1ccc(F)cc1)c1ccccn1. The first kappa shape index (κ1) is 19.4. The molecule has 4 nitrogen and oxygen atoms in total. The van der Waals surface area contributed by atoms with Crippen molar-refractivity contribution in [2.75, 3.05) is 6.61 Å². The fraction of sp³-hybridized carbons (Fsp3) is 0.150. The van der Waals surface area contributed by atoms with E-state index >= 15 is 0 Å². The number of nitrogens with zero attached hydrogens (tertiary/aromatic N) is 1. The molecule has 0 aliphatic heterocycles. The zero-order valence-electron chi connectivity index (χ0n) is 14.5. The molecule has 0 fully saturated rings. The van der Waals surface area contributed by atoms with E-state index in [4.69, 9.17) is 4.52 Å². The van der Waals surface area contributed by atoms with Gasteiger partial charge in [-0.1, -0.05) is 30.3 Å². The quantitative estimate of drug-likeness (QED) is 0.611. The third kappa shape index (κ3) is 3.44. The van der Waals surface area contributed by atoms with Gasteiger partial charge in [-0.25, -0.2) is 8.78 Å². The summed E-state index contributed by atoms with van der Waals surface area (Å²) in [6, 6.07) is 15.4. The van der Waals surface area contributed by atoms with E-state index in [2.05, 4.69) is 4.98 Å². The first-order valence-corrected chi connectivity index (χ1v) is 9.90. The standard InChI is InChI=1S/C20H18F2NO3P/c1-2-26-27(24,25)20(19-5-3-4-14-23-19,15-6-10-17(21)11-7-15)16-8-12-18(22)13-9-16/h3-14H,2H2,1H3,(H,24,25). The van der Waals surface area contributed by atoms with Gasteiger partial charge in [0.1, 0.15) is 11.6 Å². The first-order valence-electron chi connectivity index (χ1n) is 8.33. The number of hydrogen-bond donors (Lipinski definition) is 1. The lowest BCUT2D eigenvalue weighted by atomic mass is 9.86. The smallest absolute Gasteiger partial charge is 0.323 e. The van der Waals surface area contributed by atoms with Gasteiger partial charge in [-0.05, 0) is 54.4 Å². The Morgan fingerprint density at radius 1 is 0.963 bits per heavy atom. The molecule has 1 unspecified atom stereocenters. The highest BCUT2D eigenvalue weighted by Gasteiger charge is 2.54. The molecular weight excluding hydrogens is 371 g/mol. The van der Waals surface area contributed by atoms with E-state index in [0.29, 0.717) is 11.1 Å². The fourth-order valence-corrected chi connectivity index (χ4v) is 5.08. The second-order valence-electron chi connectivity index (χ2n) is 5.88. The lowest BCUT2D eigenvalue weighted by molar-refractivity contribution is 0.257. The summed E-state index contributed by atoms with van der Waals surface area (Å²) in [5, 5.41) is -1.74. The molecule has 1 N–H and O–H groups in total. The molecular formula is C20H18F2NO3P. The van der Waals surface area contributed by atoms with Crippen molar-refractivity contribution in [3.8, 4) is 0 Å². The highest BCUT2D eigenvalue weighted by Crippen LogP contribution is 2.66. The number of halogens is 2. The molecule has 0 aliphatic rings. The molecule has 2 aromatic carbocycles. The number of pyridine rings is 1. The fourth-order valence-electron chi connectivity index (χ4n) is 3.16. The number of rotatable bonds is 6. The normalized spacial score (nSPS) is 13.9. The van der Waals surface area contributed by atoms with Crippen LogP contribution in [-0.2, 0) is 14.2 Å². The number of benzene rings is 2. The second-order valence-corrected chi connectivity index (χ2v) is 7.85. The third-order valence-electron chi connectivity index (χ3n) is 4.29. The van der Waals surface area contributed by atoms with E-state index in [1.807, 2.05) is 0 Å². The summed E-state index contributed by atoms with van der Waals surface area (Å²) >= 11 is 0. The van der Waals surface area contributed by atoms with Crippen LogP contribution in [0.15, 0.2) is 72.9 Å². The molecule has 0 bridgehead atoms. The minimum absolute atomic E-state index is 0.0231. The van der Waals surface area contributed by atoms with Crippen molar-refractivity contribution in [1.29, 1.82) is 0 Å². The average Bonchev–Trinajstić information content (AvgIpc) is 2.66. The van der Waals surface area contributed by atoms with Gasteiger partial charge in [0.05, 0.1) is 12.3 Å². The van der Waals surface area contributed by atoms with Gasteiger partial charge in [-0.15, -0.1) is 0 Å². The maximum atomic E-state index is 13.5. The van der Waals surface area contributed by atoms with Gasteiger partial charge in [-0.3, -0.25) is 9.55 Å². The Morgan fingerprint density at radius 2 is 1.48 bits per heavy atom. The summed E-state index contributed by atoms with van der Waals surface area (Å²) in [4.78, 5) is 15.3. The third-order valence-corrected chi connectivity index (χ3v) is 6.49. The minimum atomic E-state index is -4.44. The van der Waals surface area contributed by atoms with E-state index in [-0.39, 0.29) is 12.3 Å². The van der Waals surface area contributed by atoms with Crippen LogP contribution >= 0.6 is 7.60 Å². The Hall–Kier alpha value is -2.40. The molecule has 0 radical (unpaired) electrons. The van der Waals surface area contributed by atoms with Crippen molar-refractivity contribution >= 4 is 7.60 Å². The lowest BCUT2D eigenvalue weighted by Crippen LogP contribution is -2.31. The van der Waals surface area contributed by atoms with Gasteiger partial charge in [0.25, 0.3) is 0 Å². The predicted octanol–water partition coefficient (Wildman–Crippen LogP) is 4.87. The topological polar surface area (TPSA) is 59.4 Å². The van der Waals surface area contributed by atoms with Crippen molar-refractivity contribution < 1.29 is 22.8 Å². The number of hydrogen-bond acceptors (Lipinski definition) is 3. The van der Waals surface area contributed by atoms with Gasteiger partial charge in [0, 0.05) is 6.20 Å². The first-order chi connectivity index (χ1) is 12.9. The van der Waals surface area contributed by atoms with Gasteiger partial charge in [0.15, 0.2) is 5.16 Å². The Balaban J connectivity index is 2.43. The van der Waals surface area contributed by atoms with Crippen molar-refractivity contribution in [2.45, 2.75) is 12.1 Å². The maximum Gasteiger partial charge on any atom is 0.348 e. The summed E-state index contributed by atoms with van der Waals surface area (Å²) in [7, 11) is -4.44. The molecule has 27 heavy (non-hydrogen) atoms. The molecule has 1 aromatic heterocycles. The summed E-state index contributed by atoms with van der Waals surface area (Å²) in [6.45, 7) is 1.58. The van der Waals surface area contributed by atoms with Crippen LogP contribution in [0.4, 0.5) is 8.78 Å². The molecule has 0 saturated heterocycles. The number of aromatic nitrogens is 1. The van der Waals surface area contributed by atoms with E-state index in [1.54, 1.807) is 25.1 Å². The molecule has 3 aromatic rings. The minimum Gasteiger partial charge on any atom is -0.323 e. The molecule has 7 heteroatoms. The van der Waals surface area contributed by atoms with E-state index in [9.17, 15) is 18.2 Å². The van der Waals surface area contributed by atoms with Gasteiger partial charge < -0.3 is 9.42 Å². The van der Waals surface area contributed by atoms with Crippen LogP contribution < -0.4 is 0 Å². The molecule has 1 atom stereocenters. The van der Waals surface area contributed by atoms with Crippen LogP contribution in [0.2, 0.25) is 0 Å². The molecule has 0 aliphatic carbocycles. The van der Waals surface area contributed by atoms with Crippen LogP contribution in [0.1, 0.15) is 23.7 Å². The molecule has 3 rings (SSSR count). The zero-order chi connectivity index (χ0) is 19.5. The Bertz CT molecular complexity index is 902. The highest BCUT2D eigenvalue weighted by atomic mass is 31.2. The van der Waals surface area contributed by atoms with Crippen molar-refractivity contribution in [3.05, 3.63) is 101 Å². The summed E-state index contributed by atoms with van der Waals surface area (Å²) < 4.78 is 45.9. The van der Waals surface area contributed by atoms with Gasteiger partial charge in [-0.2, -0.15) is 0 Å². The Labute approximate surface area is 156 Å². The van der Waals surface area contributed by atoms with Crippen LogP contribution in [0.3, 0.4) is 0 Å². The van der Waals surface area contributed by atoms with E-state index in [1.165, 1.54) is 54.7 Å². The average molecular weight is 389 g/mol. The summed E-state index contributed by atoms with van der Waals surface area (Å²) in [5.41, 5.74) is 0.865. The van der Waals surface area contributed by atoms with Crippen LogP contribution in [-0.4, -0.2) is 16.5 Å². The maximum absolute atomic E-state index is 13.5. The van der Waals surface area contributed by atoms with Crippen molar-refractivity contribution in [3.63, 3.8) is 0 Å². The van der Waals surface area contributed by atoms with Gasteiger partial charge >= 0.3 is 7.60 Å². The van der Waals surface area contributed by atoms with E-state index < -0.39 is 24.4 Å². The molecule has 0 saturated carbocycles.